The fourth-order valence-electron chi connectivity index (χ4n) is 3.24. The third-order valence-corrected chi connectivity index (χ3v) is 7.76. The van der Waals surface area contributed by atoms with Gasteiger partial charge in [0, 0.05) is 10.6 Å². The zero-order valence-corrected chi connectivity index (χ0v) is 18.9. The molecule has 0 saturated carbocycles. The first-order chi connectivity index (χ1) is 14.0. The molecular formula is C20H18FN3O3S3. The summed E-state index contributed by atoms with van der Waals surface area (Å²) in [4.78, 5) is 15.3. The van der Waals surface area contributed by atoms with Crippen molar-refractivity contribution in [3.8, 4) is 6.07 Å². The van der Waals surface area contributed by atoms with Crippen molar-refractivity contribution in [2.24, 2.45) is 0 Å². The molecule has 0 radical (unpaired) electrons. The summed E-state index contributed by atoms with van der Waals surface area (Å²) in [6.07, 6.45) is 1.00. The van der Waals surface area contributed by atoms with E-state index in [0.29, 0.717) is 21.7 Å². The van der Waals surface area contributed by atoms with Crippen LogP contribution in [-0.4, -0.2) is 41.3 Å². The molecule has 10 heteroatoms. The highest BCUT2D eigenvalue weighted by molar-refractivity contribution is 7.99. The number of carbonyl (C=O) groups is 1. The lowest BCUT2D eigenvalue weighted by molar-refractivity contribution is -0.122. The minimum absolute atomic E-state index is 0.0798. The Morgan fingerprint density at radius 1 is 1.23 bits per heavy atom. The van der Waals surface area contributed by atoms with Gasteiger partial charge >= 0.3 is 0 Å². The number of hydrogen-bond acceptors (Lipinski definition) is 6. The summed E-state index contributed by atoms with van der Waals surface area (Å²) in [7, 11) is -3.86. The number of hydrogen-bond donors (Lipinski definition) is 0. The Kier molecular flexibility index (Phi) is 5.91. The molecule has 1 saturated heterocycles. The van der Waals surface area contributed by atoms with Gasteiger partial charge in [0.2, 0.25) is 10.0 Å². The second-order valence-electron chi connectivity index (χ2n) is 7.08. The van der Waals surface area contributed by atoms with E-state index >= 15 is 0 Å². The lowest BCUT2D eigenvalue weighted by Gasteiger charge is -2.30. The number of rotatable bonds is 5. The Hall–Kier alpha value is -2.48. The second-order valence-corrected chi connectivity index (χ2v) is 10.3. The Bertz CT molecular complexity index is 1180. The molecule has 0 spiro atoms. The molecule has 0 unspecified atom stereocenters. The van der Waals surface area contributed by atoms with E-state index < -0.39 is 21.5 Å². The smallest absolute Gasteiger partial charge is 0.261 e. The number of thiocarbonyl (C=S) groups is 1. The van der Waals surface area contributed by atoms with Crippen LogP contribution in [0.15, 0.2) is 47.4 Å². The van der Waals surface area contributed by atoms with E-state index in [4.69, 9.17) is 17.5 Å². The van der Waals surface area contributed by atoms with E-state index in [1.54, 1.807) is 37.3 Å². The third kappa shape index (κ3) is 3.93. The average molecular weight is 464 g/mol. The SMILES string of the molecule is Cc1cc(N2C(=O)[C@](C)(CSc3ccc(F)cc3)N(S(C)(=O)=O)C2=S)ccc1C#N. The van der Waals surface area contributed by atoms with Crippen molar-refractivity contribution in [3.05, 3.63) is 59.4 Å². The van der Waals surface area contributed by atoms with Gasteiger partial charge in [-0.25, -0.2) is 17.1 Å². The Balaban J connectivity index is 2.01. The van der Waals surface area contributed by atoms with Crippen molar-refractivity contribution in [2.75, 3.05) is 16.9 Å². The van der Waals surface area contributed by atoms with Crippen LogP contribution in [0.4, 0.5) is 10.1 Å². The first-order valence-electron chi connectivity index (χ1n) is 8.77. The van der Waals surface area contributed by atoms with Gasteiger partial charge in [-0.2, -0.15) is 5.26 Å². The fraction of sp³-hybridized carbons (Fsp3) is 0.250. The first kappa shape index (κ1) is 22.2. The largest absolute Gasteiger partial charge is 0.271 e. The summed E-state index contributed by atoms with van der Waals surface area (Å²) in [6, 6.07) is 12.5. The zero-order chi connectivity index (χ0) is 22.3. The summed E-state index contributed by atoms with van der Waals surface area (Å²) >= 11 is 6.63. The number of amides is 1. The highest BCUT2D eigenvalue weighted by atomic mass is 32.2. The number of halogens is 1. The molecule has 2 aromatic rings. The molecule has 0 bridgehead atoms. The van der Waals surface area contributed by atoms with E-state index in [9.17, 15) is 17.6 Å². The van der Waals surface area contributed by atoms with Crippen molar-refractivity contribution in [2.45, 2.75) is 24.3 Å². The summed E-state index contributed by atoms with van der Waals surface area (Å²) in [6.45, 7) is 3.25. The number of carbonyl (C=O) groups excluding carboxylic acids is 1. The predicted molar refractivity (Wildman–Crippen MR) is 118 cm³/mol. The number of thioether (sulfide) groups is 1. The molecule has 30 heavy (non-hydrogen) atoms. The minimum Gasteiger partial charge on any atom is -0.271 e. The van der Waals surface area contributed by atoms with Crippen LogP contribution in [0.2, 0.25) is 0 Å². The van der Waals surface area contributed by atoms with E-state index in [1.165, 1.54) is 35.7 Å². The summed E-state index contributed by atoms with van der Waals surface area (Å²) in [5, 5.41) is 8.99. The monoisotopic (exact) mass is 463 g/mol. The number of sulfonamides is 1. The van der Waals surface area contributed by atoms with Crippen molar-refractivity contribution in [3.63, 3.8) is 0 Å². The summed E-state index contributed by atoms with van der Waals surface area (Å²) in [5.41, 5.74) is 0.0216. The number of benzene rings is 2. The number of anilines is 1. The standard InChI is InChI=1S/C20H18FN3O3S3/c1-13-10-16(7-4-14(13)11-22)23-18(25)20(2,24(19(23)28)30(3,26)27)12-29-17-8-5-15(21)6-9-17/h4-10H,12H2,1-3H3/t20-/m0/s1. The highest BCUT2D eigenvalue weighted by Crippen LogP contribution is 2.38. The fourth-order valence-corrected chi connectivity index (χ4v) is 6.39. The van der Waals surface area contributed by atoms with Crippen LogP contribution in [0.5, 0.6) is 0 Å². The molecule has 1 fully saturated rings. The van der Waals surface area contributed by atoms with Gasteiger partial charge in [-0.05, 0) is 74.1 Å². The molecule has 2 aromatic carbocycles. The van der Waals surface area contributed by atoms with Crippen molar-refractivity contribution >= 4 is 50.7 Å². The molecule has 156 valence electrons. The lowest BCUT2D eigenvalue weighted by Crippen LogP contribution is -2.51. The molecule has 1 atom stereocenters. The van der Waals surface area contributed by atoms with Crippen LogP contribution >= 0.6 is 24.0 Å². The predicted octanol–water partition coefficient (Wildman–Crippen LogP) is 3.45. The van der Waals surface area contributed by atoms with Gasteiger partial charge in [0.05, 0.1) is 23.6 Å². The molecule has 1 aliphatic heterocycles. The number of aryl methyl sites for hydroxylation is 1. The Morgan fingerprint density at radius 2 is 1.87 bits per heavy atom. The molecule has 3 rings (SSSR count). The number of nitriles is 1. The van der Waals surface area contributed by atoms with Gasteiger partial charge in [-0.15, -0.1) is 11.8 Å². The van der Waals surface area contributed by atoms with Crippen LogP contribution in [0.25, 0.3) is 0 Å². The topological polar surface area (TPSA) is 81.5 Å². The Morgan fingerprint density at radius 3 is 2.40 bits per heavy atom. The molecule has 1 aliphatic rings. The molecule has 0 aliphatic carbocycles. The molecule has 1 heterocycles. The van der Waals surface area contributed by atoms with E-state index in [2.05, 4.69) is 6.07 Å². The van der Waals surface area contributed by atoms with Crippen molar-refractivity contribution in [1.29, 1.82) is 5.26 Å². The molecule has 0 aromatic heterocycles. The van der Waals surface area contributed by atoms with Crippen LogP contribution < -0.4 is 4.90 Å². The van der Waals surface area contributed by atoms with Gasteiger partial charge in [0.25, 0.3) is 5.91 Å². The first-order valence-corrected chi connectivity index (χ1v) is 12.0. The normalized spacial score (nSPS) is 19.3. The third-order valence-electron chi connectivity index (χ3n) is 4.73. The minimum atomic E-state index is -3.86. The average Bonchev–Trinajstić information content (AvgIpc) is 2.87. The zero-order valence-electron chi connectivity index (χ0n) is 16.4. The van der Waals surface area contributed by atoms with Crippen LogP contribution in [-0.2, 0) is 14.8 Å². The molecule has 0 N–H and O–H groups in total. The lowest BCUT2D eigenvalue weighted by atomic mass is 10.0. The van der Waals surface area contributed by atoms with E-state index in [0.717, 1.165) is 10.6 Å². The maximum atomic E-state index is 13.4. The van der Waals surface area contributed by atoms with E-state index in [1.807, 2.05) is 0 Å². The summed E-state index contributed by atoms with van der Waals surface area (Å²) < 4.78 is 39.3. The maximum Gasteiger partial charge on any atom is 0.261 e. The molecule has 1 amide bonds. The maximum absolute atomic E-state index is 13.4. The van der Waals surface area contributed by atoms with Crippen LogP contribution in [0, 0.1) is 24.1 Å². The molecular weight excluding hydrogens is 445 g/mol. The van der Waals surface area contributed by atoms with Gasteiger partial charge in [-0.3, -0.25) is 9.69 Å². The second kappa shape index (κ2) is 7.98. The van der Waals surface area contributed by atoms with Gasteiger partial charge < -0.3 is 0 Å². The van der Waals surface area contributed by atoms with Gasteiger partial charge in [0.15, 0.2) is 5.11 Å². The Labute approximate surface area is 184 Å². The van der Waals surface area contributed by atoms with Crippen LogP contribution in [0.1, 0.15) is 18.1 Å². The van der Waals surface area contributed by atoms with Crippen molar-refractivity contribution in [1.82, 2.24) is 4.31 Å². The van der Waals surface area contributed by atoms with Gasteiger partial charge in [0.1, 0.15) is 11.4 Å². The van der Waals surface area contributed by atoms with Gasteiger partial charge in [-0.1, -0.05) is 0 Å². The summed E-state index contributed by atoms with van der Waals surface area (Å²) in [5.74, 6) is -0.795. The quantitative estimate of drug-likeness (QED) is 0.499. The highest BCUT2D eigenvalue weighted by Gasteiger charge is 2.56. The molecule has 6 nitrogen and oxygen atoms in total. The van der Waals surface area contributed by atoms with Crippen LogP contribution in [0.3, 0.4) is 0 Å². The van der Waals surface area contributed by atoms with E-state index in [-0.39, 0.29) is 16.7 Å². The number of nitrogens with zero attached hydrogens (tertiary/aromatic N) is 3. The van der Waals surface area contributed by atoms with Crippen molar-refractivity contribution < 1.29 is 17.6 Å².